The minimum Gasteiger partial charge on any atom is -0.493 e. The molecule has 0 unspecified atom stereocenters. The van der Waals surface area contributed by atoms with Crippen molar-refractivity contribution < 1.29 is 28.5 Å². The highest BCUT2D eigenvalue weighted by Gasteiger charge is 2.14. The van der Waals surface area contributed by atoms with Gasteiger partial charge in [0.15, 0.2) is 18.1 Å². The molecule has 0 aliphatic rings. The van der Waals surface area contributed by atoms with Crippen LogP contribution in [0.3, 0.4) is 0 Å². The monoisotopic (exact) mass is 488 g/mol. The molecule has 0 aliphatic carbocycles. The van der Waals surface area contributed by atoms with Crippen molar-refractivity contribution in [2.45, 2.75) is 0 Å². The predicted molar refractivity (Wildman–Crippen MR) is 117 cm³/mol. The van der Waals surface area contributed by atoms with Crippen molar-refractivity contribution in [3.05, 3.63) is 58.1 Å². The Morgan fingerprint density at radius 1 is 1.13 bits per heavy atom. The van der Waals surface area contributed by atoms with Crippen molar-refractivity contribution in [2.24, 2.45) is 0 Å². The van der Waals surface area contributed by atoms with Gasteiger partial charge in [-0.2, -0.15) is 5.26 Å². The maximum absolute atomic E-state index is 12.2. The molecule has 2 rings (SSSR count). The molecule has 1 N–H and O–H groups in total. The summed E-state index contributed by atoms with van der Waals surface area (Å²) in [5.74, 6) is -0.172. The number of rotatable bonds is 10. The highest BCUT2D eigenvalue weighted by atomic mass is 79.9. The van der Waals surface area contributed by atoms with E-state index in [4.69, 9.17) is 18.9 Å². The van der Waals surface area contributed by atoms with Gasteiger partial charge in [0.05, 0.1) is 18.2 Å². The van der Waals surface area contributed by atoms with Crippen LogP contribution in [0.25, 0.3) is 6.08 Å². The molecule has 0 radical (unpaired) electrons. The highest BCUT2D eigenvalue weighted by Crippen LogP contribution is 2.29. The Morgan fingerprint density at radius 2 is 1.90 bits per heavy atom. The van der Waals surface area contributed by atoms with E-state index in [0.29, 0.717) is 17.9 Å². The first kappa shape index (κ1) is 23.9. The fraction of sp³-hybridized carbons (Fsp3) is 0.227. The Bertz CT molecular complexity index is 1000. The minimum atomic E-state index is -0.618. The molecule has 0 fully saturated rings. The van der Waals surface area contributed by atoms with Crippen LogP contribution in [0.15, 0.2) is 52.5 Å². The SMILES string of the molecule is COCCNC(=O)/C(C#N)=C/c1ccc(OC(=O)COc2ccccc2Br)c(OC)c1. The van der Waals surface area contributed by atoms with Crippen molar-refractivity contribution in [1.82, 2.24) is 5.32 Å². The number of hydrogen-bond donors (Lipinski definition) is 1. The summed E-state index contributed by atoms with van der Waals surface area (Å²) in [5.41, 5.74) is 0.448. The molecular formula is C22H21BrN2O6. The van der Waals surface area contributed by atoms with E-state index in [0.717, 1.165) is 4.47 Å². The summed E-state index contributed by atoms with van der Waals surface area (Å²) < 4.78 is 21.6. The Kier molecular flexibility index (Phi) is 9.55. The van der Waals surface area contributed by atoms with Crippen molar-refractivity contribution in [1.29, 1.82) is 5.26 Å². The molecule has 2 aromatic rings. The molecule has 0 saturated carbocycles. The second kappa shape index (κ2) is 12.4. The number of halogens is 1. The number of amides is 1. The van der Waals surface area contributed by atoms with E-state index < -0.39 is 11.9 Å². The Hall–Kier alpha value is -3.35. The van der Waals surface area contributed by atoms with E-state index >= 15 is 0 Å². The van der Waals surface area contributed by atoms with E-state index in [9.17, 15) is 14.9 Å². The van der Waals surface area contributed by atoms with Crippen LogP contribution < -0.4 is 19.5 Å². The first-order valence-corrected chi connectivity index (χ1v) is 9.92. The van der Waals surface area contributed by atoms with Gasteiger partial charge in [-0.25, -0.2) is 4.79 Å². The van der Waals surface area contributed by atoms with E-state index in [1.165, 1.54) is 26.4 Å². The number of benzene rings is 2. The predicted octanol–water partition coefficient (Wildman–Crippen LogP) is 3.11. The first-order chi connectivity index (χ1) is 15.0. The molecule has 0 atom stereocenters. The zero-order valence-electron chi connectivity index (χ0n) is 17.0. The summed E-state index contributed by atoms with van der Waals surface area (Å²) in [7, 11) is 2.93. The lowest BCUT2D eigenvalue weighted by atomic mass is 10.1. The van der Waals surface area contributed by atoms with Crippen molar-refractivity contribution in [2.75, 3.05) is 34.0 Å². The molecular weight excluding hydrogens is 468 g/mol. The quantitative estimate of drug-likeness (QED) is 0.180. The van der Waals surface area contributed by atoms with Crippen LogP contribution in [-0.4, -0.2) is 45.9 Å². The Labute approximate surface area is 188 Å². The molecule has 0 heterocycles. The number of methoxy groups -OCH3 is 2. The zero-order chi connectivity index (χ0) is 22.6. The number of esters is 1. The highest BCUT2D eigenvalue weighted by molar-refractivity contribution is 9.10. The van der Waals surface area contributed by atoms with Gasteiger partial charge in [-0.1, -0.05) is 18.2 Å². The lowest BCUT2D eigenvalue weighted by molar-refractivity contribution is -0.136. The Balaban J connectivity index is 2.06. The number of nitriles is 1. The topological polar surface area (TPSA) is 107 Å². The number of ether oxygens (including phenoxy) is 4. The lowest BCUT2D eigenvalue weighted by Gasteiger charge is -2.11. The van der Waals surface area contributed by atoms with Crippen molar-refractivity contribution in [3.8, 4) is 23.3 Å². The number of hydrogen-bond acceptors (Lipinski definition) is 7. The van der Waals surface area contributed by atoms with Crippen molar-refractivity contribution >= 4 is 33.9 Å². The van der Waals surface area contributed by atoms with Gasteiger partial charge in [-0.3, -0.25) is 4.79 Å². The fourth-order valence-corrected chi connectivity index (χ4v) is 2.79. The largest absolute Gasteiger partial charge is 0.493 e. The summed E-state index contributed by atoms with van der Waals surface area (Å²) in [5, 5.41) is 11.8. The lowest BCUT2D eigenvalue weighted by Crippen LogP contribution is -2.27. The molecule has 9 heteroatoms. The van der Waals surface area contributed by atoms with Crippen molar-refractivity contribution in [3.63, 3.8) is 0 Å². The molecule has 1 amide bonds. The third kappa shape index (κ3) is 7.44. The van der Waals surface area contributed by atoms with Gasteiger partial charge in [-0.05, 0) is 51.8 Å². The molecule has 31 heavy (non-hydrogen) atoms. The number of para-hydroxylation sites is 1. The van der Waals surface area contributed by atoms with Gasteiger partial charge in [0, 0.05) is 13.7 Å². The molecule has 162 valence electrons. The van der Waals surface area contributed by atoms with Gasteiger partial charge in [0.1, 0.15) is 17.4 Å². The van der Waals surface area contributed by atoms with Gasteiger partial charge < -0.3 is 24.3 Å². The van der Waals surface area contributed by atoms with Crippen LogP contribution in [0.5, 0.6) is 17.2 Å². The zero-order valence-corrected chi connectivity index (χ0v) is 18.6. The summed E-state index contributed by atoms with van der Waals surface area (Å²) in [6.45, 7) is 0.325. The normalized spacial score (nSPS) is 10.7. The third-order valence-electron chi connectivity index (χ3n) is 3.86. The number of nitrogens with zero attached hydrogens (tertiary/aromatic N) is 1. The molecule has 0 spiro atoms. The van der Waals surface area contributed by atoms with E-state index in [1.807, 2.05) is 12.1 Å². The van der Waals surface area contributed by atoms with E-state index in [1.54, 1.807) is 30.3 Å². The van der Waals surface area contributed by atoms with Crippen LogP contribution in [-0.2, 0) is 14.3 Å². The van der Waals surface area contributed by atoms with Crippen LogP contribution in [0.1, 0.15) is 5.56 Å². The molecule has 0 saturated heterocycles. The third-order valence-corrected chi connectivity index (χ3v) is 4.52. The first-order valence-electron chi connectivity index (χ1n) is 9.13. The minimum absolute atomic E-state index is 0.0789. The molecule has 0 bridgehead atoms. The maximum Gasteiger partial charge on any atom is 0.349 e. The van der Waals surface area contributed by atoms with Gasteiger partial charge in [0.25, 0.3) is 5.91 Å². The van der Waals surface area contributed by atoms with Crippen LogP contribution in [0, 0.1) is 11.3 Å². The van der Waals surface area contributed by atoms with E-state index in [2.05, 4.69) is 21.2 Å². The van der Waals surface area contributed by atoms with Crippen LogP contribution in [0.2, 0.25) is 0 Å². The summed E-state index contributed by atoms with van der Waals surface area (Å²) in [6, 6.07) is 13.7. The van der Waals surface area contributed by atoms with Crippen LogP contribution in [0.4, 0.5) is 0 Å². The van der Waals surface area contributed by atoms with E-state index in [-0.39, 0.29) is 30.2 Å². The average molecular weight is 489 g/mol. The van der Waals surface area contributed by atoms with Gasteiger partial charge >= 0.3 is 5.97 Å². The number of carbonyl (C=O) groups is 2. The molecule has 8 nitrogen and oxygen atoms in total. The second-order valence-electron chi connectivity index (χ2n) is 6.02. The standard InChI is InChI=1S/C22H21BrN2O6/c1-28-10-9-25-22(27)16(13-24)11-15-7-8-19(20(12-15)29-2)31-21(26)14-30-18-6-4-3-5-17(18)23/h3-8,11-12H,9-10,14H2,1-2H3,(H,25,27)/b16-11+. The van der Waals surface area contributed by atoms with Crippen LogP contribution >= 0.6 is 15.9 Å². The number of nitrogens with one attached hydrogen (secondary N) is 1. The number of carbonyl (C=O) groups excluding carboxylic acids is 2. The fourth-order valence-electron chi connectivity index (χ4n) is 2.39. The molecule has 2 aromatic carbocycles. The summed E-state index contributed by atoms with van der Waals surface area (Å²) in [6.07, 6.45) is 1.41. The Morgan fingerprint density at radius 3 is 2.58 bits per heavy atom. The van der Waals surface area contributed by atoms with Gasteiger partial charge in [0.2, 0.25) is 0 Å². The molecule has 0 aliphatic heterocycles. The summed E-state index contributed by atoms with van der Waals surface area (Å²) >= 11 is 3.34. The smallest absolute Gasteiger partial charge is 0.349 e. The second-order valence-corrected chi connectivity index (χ2v) is 6.88. The molecule has 0 aromatic heterocycles. The maximum atomic E-state index is 12.2. The summed E-state index contributed by atoms with van der Waals surface area (Å²) in [4.78, 5) is 24.2. The average Bonchev–Trinajstić information content (AvgIpc) is 2.77. The van der Waals surface area contributed by atoms with Gasteiger partial charge in [-0.15, -0.1) is 0 Å².